The van der Waals surface area contributed by atoms with Crippen molar-refractivity contribution >= 4 is 36.0 Å². The van der Waals surface area contributed by atoms with Crippen LogP contribution >= 0.6 is 0 Å². The number of hydrogen-bond acceptors (Lipinski definition) is 7. The van der Waals surface area contributed by atoms with Crippen LogP contribution in [0.1, 0.15) is 88.1 Å². The predicted octanol–water partition coefficient (Wildman–Crippen LogP) is 7.12. The average molecular weight is 736 g/mol. The molecule has 1 unspecified atom stereocenters. The summed E-state index contributed by atoms with van der Waals surface area (Å²) in [7, 11) is 1.15. The molecular weight excluding hydrogens is 683 g/mol. The zero-order valence-corrected chi connectivity index (χ0v) is 34.0. The van der Waals surface area contributed by atoms with Crippen molar-refractivity contribution in [3.05, 3.63) is 113 Å². The summed E-state index contributed by atoms with van der Waals surface area (Å²) in [6, 6.07) is 30.8. The van der Waals surface area contributed by atoms with Crippen LogP contribution in [0.2, 0.25) is 5.04 Å². The molecule has 52 heavy (non-hydrogen) atoms. The largest absolute Gasteiger partial charge is 0.597 e. The zero-order chi connectivity index (χ0) is 37.7. The molecule has 2 atom stereocenters. The van der Waals surface area contributed by atoms with Crippen LogP contribution in [0.5, 0.6) is 0 Å². The number of carbonyl (C=O) groups excluding carboxylic acids is 1. The Kier molecular flexibility index (Phi) is 12.5. The van der Waals surface area contributed by atoms with E-state index in [9.17, 15) is 9.35 Å². The Hall–Kier alpha value is -3.75. The van der Waals surface area contributed by atoms with Crippen LogP contribution in [-0.4, -0.2) is 71.6 Å². The van der Waals surface area contributed by atoms with Crippen molar-refractivity contribution in [1.82, 2.24) is 14.2 Å². The fraction of sp³-hybridized carbons (Fsp3) is 0.395. The van der Waals surface area contributed by atoms with Crippen molar-refractivity contribution in [2.75, 3.05) is 33.9 Å². The number of carbonyl (C=O) groups is 1. The first kappa shape index (κ1) is 39.5. The topological polar surface area (TPSA) is 78.0 Å². The first-order chi connectivity index (χ1) is 24.7. The van der Waals surface area contributed by atoms with Crippen LogP contribution in [0.25, 0.3) is 11.3 Å². The summed E-state index contributed by atoms with van der Waals surface area (Å²) < 4.78 is 28.7. The standard InChI is InChI=1S/C43H53N3O4SSi/c1-10-49-41(47)37-30-34-31-46(51(48)42(2,3)4)38(39(34)40(44-37)33-21-17-19-32(29-33)20-18-27-45(8)9)26-28-50-52(43(5,6)7,35-22-13-11-14-23-35)36-24-15-12-16-25-36/h11-17,19,21-25,29-30,38H,10,26-28,31H2,1-9H3/t38-,51?/m1/s1. The molecule has 0 spiro atoms. The summed E-state index contributed by atoms with van der Waals surface area (Å²) in [5, 5.41) is 2.24. The first-order valence-corrected chi connectivity index (χ1v) is 21.1. The number of benzene rings is 3. The van der Waals surface area contributed by atoms with Crippen molar-refractivity contribution in [1.29, 1.82) is 0 Å². The van der Waals surface area contributed by atoms with Gasteiger partial charge in [0, 0.05) is 34.7 Å². The smallest absolute Gasteiger partial charge is 0.356 e. The van der Waals surface area contributed by atoms with Crippen molar-refractivity contribution in [3.8, 4) is 23.1 Å². The van der Waals surface area contributed by atoms with E-state index in [0.717, 1.165) is 22.3 Å². The summed E-state index contributed by atoms with van der Waals surface area (Å²) in [4.78, 5) is 20.2. The quantitative estimate of drug-likeness (QED) is 0.0703. The Morgan fingerprint density at radius 1 is 0.962 bits per heavy atom. The van der Waals surface area contributed by atoms with Crippen LogP contribution in [-0.2, 0) is 27.1 Å². The molecule has 0 fully saturated rings. The lowest BCUT2D eigenvalue weighted by molar-refractivity contribution is 0.0519. The highest BCUT2D eigenvalue weighted by molar-refractivity contribution is 7.90. The minimum absolute atomic E-state index is 0.188. The molecule has 0 amide bonds. The molecule has 0 aliphatic carbocycles. The minimum atomic E-state index is -2.83. The molecule has 4 aromatic rings. The number of fused-ring (bicyclic) bond motifs is 1. The molecule has 0 saturated heterocycles. The Morgan fingerprint density at radius 2 is 1.60 bits per heavy atom. The molecule has 0 radical (unpaired) electrons. The van der Waals surface area contributed by atoms with Crippen molar-refractivity contribution in [3.63, 3.8) is 0 Å². The summed E-state index contributed by atoms with van der Waals surface area (Å²) >= 11 is -1.36. The maximum Gasteiger partial charge on any atom is 0.356 e. The van der Waals surface area contributed by atoms with E-state index in [1.807, 2.05) is 82.2 Å². The summed E-state index contributed by atoms with van der Waals surface area (Å²) in [6.07, 6.45) is 0.578. The van der Waals surface area contributed by atoms with Crippen LogP contribution in [0.4, 0.5) is 0 Å². The van der Waals surface area contributed by atoms with E-state index >= 15 is 0 Å². The van der Waals surface area contributed by atoms with Gasteiger partial charge in [-0.3, -0.25) is 4.90 Å². The number of nitrogens with zero attached hydrogens (tertiary/aromatic N) is 3. The fourth-order valence-corrected chi connectivity index (χ4v) is 13.0. The predicted molar refractivity (Wildman–Crippen MR) is 215 cm³/mol. The number of ether oxygens (including phenoxy) is 1. The third kappa shape index (κ3) is 8.55. The van der Waals surface area contributed by atoms with Gasteiger partial charge in [0.1, 0.15) is 10.4 Å². The van der Waals surface area contributed by atoms with E-state index in [1.165, 1.54) is 10.4 Å². The second kappa shape index (κ2) is 16.5. The molecule has 1 aromatic heterocycles. The molecule has 9 heteroatoms. The van der Waals surface area contributed by atoms with E-state index < -0.39 is 30.4 Å². The van der Waals surface area contributed by atoms with Crippen molar-refractivity contribution in [2.45, 2.75) is 77.3 Å². The highest BCUT2D eigenvalue weighted by Gasteiger charge is 2.51. The van der Waals surface area contributed by atoms with Gasteiger partial charge < -0.3 is 13.7 Å². The lowest BCUT2D eigenvalue weighted by atomic mass is 9.95. The van der Waals surface area contributed by atoms with E-state index in [-0.39, 0.29) is 23.4 Å². The highest BCUT2D eigenvalue weighted by Crippen LogP contribution is 2.46. The van der Waals surface area contributed by atoms with E-state index in [1.54, 1.807) is 6.92 Å². The minimum Gasteiger partial charge on any atom is -0.597 e. The SMILES string of the molecule is CCOC(=O)c1cc2c(c(-c3cccc(C#CCN(C)C)c3)n1)[C@@H](CCO[Si](c1ccccc1)(c1ccccc1)C(C)(C)C)N([S+]([O-])C(C)(C)C)C2. The summed E-state index contributed by atoms with van der Waals surface area (Å²) in [6.45, 7) is 16.3. The Balaban J connectivity index is 1.64. The molecular formula is C43H53N3O4SSi. The first-order valence-electron chi connectivity index (χ1n) is 18.1. The molecule has 3 aromatic carbocycles. The lowest BCUT2D eigenvalue weighted by Crippen LogP contribution is -2.66. The Labute approximate surface area is 315 Å². The maximum atomic E-state index is 14.4. The van der Waals surface area contributed by atoms with Crippen molar-refractivity contribution in [2.24, 2.45) is 0 Å². The molecule has 2 heterocycles. The Morgan fingerprint density at radius 3 is 2.15 bits per heavy atom. The Bertz CT molecular complexity index is 1860. The molecule has 0 bridgehead atoms. The van der Waals surface area contributed by atoms with Gasteiger partial charge in [0.25, 0.3) is 8.32 Å². The highest BCUT2D eigenvalue weighted by atomic mass is 32.2. The van der Waals surface area contributed by atoms with Crippen LogP contribution in [0.3, 0.4) is 0 Å². The molecule has 7 nitrogen and oxygen atoms in total. The van der Waals surface area contributed by atoms with Gasteiger partial charge in [-0.15, -0.1) is 4.31 Å². The molecule has 0 N–H and O–H groups in total. The lowest BCUT2D eigenvalue weighted by Gasteiger charge is -2.43. The number of hydrogen-bond donors (Lipinski definition) is 0. The van der Waals surface area contributed by atoms with Gasteiger partial charge in [0.2, 0.25) is 0 Å². The zero-order valence-electron chi connectivity index (χ0n) is 32.2. The maximum absolute atomic E-state index is 14.4. The summed E-state index contributed by atoms with van der Waals surface area (Å²) in [5.74, 6) is 6.03. The third-order valence-electron chi connectivity index (χ3n) is 9.26. The number of aromatic nitrogens is 1. The van der Waals surface area contributed by atoms with Gasteiger partial charge in [-0.2, -0.15) is 0 Å². The van der Waals surface area contributed by atoms with Gasteiger partial charge in [-0.1, -0.05) is 105 Å². The van der Waals surface area contributed by atoms with E-state index in [0.29, 0.717) is 31.8 Å². The number of esters is 1. The third-order valence-corrected chi connectivity index (χ3v) is 16.2. The second-order valence-electron chi connectivity index (χ2n) is 15.5. The summed E-state index contributed by atoms with van der Waals surface area (Å²) in [5.41, 5.74) is 4.52. The number of pyridine rings is 1. The molecule has 0 saturated carbocycles. The fourth-order valence-electron chi connectivity index (χ4n) is 7.01. The number of rotatable bonds is 11. The molecule has 274 valence electrons. The molecule has 1 aliphatic rings. The van der Waals surface area contributed by atoms with Gasteiger partial charge >= 0.3 is 5.97 Å². The van der Waals surface area contributed by atoms with E-state index in [2.05, 4.69) is 85.4 Å². The van der Waals surface area contributed by atoms with Crippen molar-refractivity contribution < 1.29 is 18.5 Å². The van der Waals surface area contributed by atoms with Gasteiger partial charge in [-0.25, -0.2) is 9.78 Å². The van der Waals surface area contributed by atoms with Crippen LogP contribution < -0.4 is 10.4 Å². The normalized spacial score (nSPS) is 15.6. The van der Waals surface area contributed by atoms with Crippen LogP contribution in [0.15, 0.2) is 91.0 Å². The van der Waals surface area contributed by atoms with Gasteiger partial charge in [0.05, 0.1) is 31.4 Å². The monoisotopic (exact) mass is 735 g/mol. The van der Waals surface area contributed by atoms with Gasteiger partial charge in [-0.05, 0) is 87.4 Å². The van der Waals surface area contributed by atoms with Gasteiger partial charge in [0.15, 0.2) is 0 Å². The average Bonchev–Trinajstić information content (AvgIpc) is 3.47. The van der Waals surface area contributed by atoms with Crippen LogP contribution in [0, 0.1) is 11.8 Å². The second-order valence-corrected chi connectivity index (χ2v) is 22.0. The molecule has 5 rings (SSSR count). The molecule has 1 aliphatic heterocycles. The van der Waals surface area contributed by atoms with E-state index in [4.69, 9.17) is 14.1 Å².